The van der Waals surface area contributed by atoms with E-state index in [1.165, 1.54) is 23.9 Å². The lowest BCUT2D eigenvalue weighted by atomic mass is 10.3. The van der Waals surface area contributed by atoms with Gasteiger partial charge in [-0.05, 0) is 30.3 Å². The van der Waals surface area contributed by atoms with Crippen LogP contribution >= 0.6 is 27.7 Å². The van der Waals surface area contributed by atoms with Crippen LogP contribution in [0.3, 0.4) is 0 Å². The number of hydrogen-bond donors (Lipinski definition) is 1. The van der Waals surface area contributed by atoms with Gasteiger partial charge >= 0.3 is 11.8 Å². The van der Waals surface area contributed by atoms with Gasteiger partial charge < -0.3 is 10.5 Å². The van der Waals surface area contributed by atoms with Crippen molar-refractivity contribution in [2.75, 3.05) is 0 Å². The lowest BCUT2D eigenvalue weighted by molar-refractivity contribution is -0.385. The normalized spacial score (nSPS) is 10.1. The zero-order chi connectivity index (χ0) is 15.4. The monoisotopic (exact) mass is 368 g/mol. The van der Waals surface area contributed by atoms with E-state index in [9.17, 15) is 14.9 Å². The van der Waals surface area contributed by atoms with Crippen LogP contribution in [0.25, 0.3) is 0 Å². The molecule has 2 aromatic carbocycles. The SMILES string of the molecule is NC(=O)Oc1cc(Sc2ccc(Br)cc2)ccc1[N+](=O)[O-]. The molecule has 0 unspecified atom stereocenters. The Kier molecular flexibility index (Phi) is 4.81. The van der Waals surface area contributed by atoms with Gasteiger partial charge in [0.05, 0.1) is 4.92 Å². The highest BCUT2D eigenvalue weighted by Crippen LogP contribution is 2.35. The summed E-state index contributed by atoms with van der Waals surface area (Å²) in [6, 6.07) is 11.8. The highest BCUT2D eigenvalue weighted by molar-refractivity contribution is 9.10. The number of primary amides is 1. The summed E-state index contributed by atoms with van der Waals surface area (Å²) in [5.41, 5.74) is 4.61. The van der Waals surface area contributed by atoms with E-state index in [2.05, 4.69) is 20.7 Å². The Hall–Kier alpha value is -2.06. The predicted octanol–water partition coefficient (Wildman–Crippen LogP) is 3.97. The minimum atomic E-state index is -1.09. The second-order valence-electron chi connectivity index (χ2n) is 3.86. The fourth-order valence-corrected chi connectivity index (χ4v) is 2.65. The quantitative estimate of drug-likeness (QED) is 0.650. The maximum atomic E-state index is 10.9. The predicted molar refractivity (Wildman–Crippen MR) is 81.6 cm³/mol. The molecule has 0 aliphatic heterocycles. The molecule has 2 rings (SSSR count). The average Bonchev–Trinajstić information content (AvgIpc) is 2.40. The third-order valence-corrected chi connectivity index (χ3v) is 3.91. The number of rotatable bonds is 4. The van der Waals surface area contributed by atoms with Crippen molar-refractivity contribution in [2.45, 2.75) is 9.79 Å². The van der Waals surface area contributed by atoms with Crippen LogP contribution in [0, 0.1) is 10.1 Å². The van der Waals surface area contributed by atoms with Gasteiger partial charge in [-0.3, -0.25) is 10.1 Å². The molecule has 0 aromatic heterocycles. The summed E-state index contributed by atoms with van der Waals surface area (Å²) in [6.07, 6.45) is -1.09. The molecule has 108 valence electrons. The smallest absolute Gasteiger partial charge is 0.403 e. The van der Waals surface area contributed by atoms with Gasteiger partial charge in [-0.25, -0.2) is 4.79 Å². The number of nitro groups is 1. The fourth-order valence-electron chi connectivity index (χ4n) is 1.54. The van der Waals surface area contributed by atoms with Crippen molar-refractivity contribution in [2.24, 2.45) is 5.73 Å². The van der Waals surface area contributed by atoms with Gasteiger partial charge in [-0.15, -0.1) is 0 Å². The van der Waals surface area contributed by atoms with Crippen LogP contribution in [0.15, 0.2) is 56.7 Å². The number of halogens is 1. The molecule has 21 heavy (non-hydrogen) atoms. The van der Waals surface area contributed by atoms with Crippen LogP contribution in [-0.2, 0) is 0 Å². The van der Waals surface area contributed by atoms with Crippen LogP contribution in [0.1, 0.15) is 0 Å². The van der Waals surface area contributed by atoms with E-state index in [1.54, 1.807) is 6.07 Å². The maximum Gasteiger partial charge on any atom is 0.410 e. The first-order valence-corrected chi connectivity index (χ1v) is 7.26. The molecule has 1 amide bonds. The Morgan fingerprint density at radius 2 is 1.81 bits per heavy atom. The minimum absolute atomic E-state index is 0.172. The van der Waals surface area contributed by atoms with Crippen molar-refractivity contribution >= 4 is 39.5 Å². The first-order valence-electron chi connectivity index (χ1n) is 5.65. The molecule has 2 N–H and O–H groups in total. The summed E-state index contributed by atoms with van der Waals surface area (Å²) in [6.45, 7) is 0. The van der Waals surface area contributed by atoms with Crippen LogP contribution in [0.2, 0.25) is 0 Å². The zero-order valence-electron chi connectivity index (χ0n) is 10.5. The van der Waals surface area contributed by atoms with E-state index in [0.29, 0.717) is 4.90 Å². The second-order valence-corrected chi connectivity index (χ2v) is 5.93. The molecular formula is C13H9BrN2O4S. The van der Waals surface area contributed by atoms with Gasteiger partial charge in [-0.2, -0.15) is 0 Å². The van der Waals surface area contributed by atoms with E-state index in [4.69, 9.17) is 5.73 Å². The summed E-state index contributed by atoms with van der Waals surface area (Å²) in [7, 11) is 0. The Morgan fingerprint density at radius 1 is 1.19 bits per heavy atom. The highest BCUT2D eigenvalue weighted by Gasteiger charge is 2.18. The van der Waals surface area contributed by atoms with Crippen LogP contribution in [-0.4, -0.2) is 11.0 Å². The van der Waals surface area contributed by atoms with E-state index in [-0.39, 0.29) is 11.4 Å². The lowest BCUT2D eigenvalue weighted by Gasteiger charge is -2.06. The number of carbonyl (C=O) groups is 1. The molecule has 0 atom stereocenters. The molecule has 0 radical (unpaired) electrons. The number of benzene rings is 2. The van der Waals surface area contributed by atoms with E-state index >= 15 is 0 Å². The van der Waals surface area contributed by atoms with Gasteiger partial charge in [0.2, 0.25) is 5.75 Å². The van der Waals surface area contributed by atoms with Gasteiger partial charge in [0.1, 0.15) is 0 Å². The molecule has 0 spiro atoms. The molecule has 0 fully saturated rings. The molecule has 2 aromatic rings. The van der Waals surface area contributed by atoms with Crippen LogP contribution < -0.4 is 10.5 Å². The van der Waals surface area contributed by atoms with E-state index in [0.717, 1.165) is 9.37 Å². The molecule has 0 aliphatic carbocycles. The molecule has 8 heteroatoms. The van der Waals surface area contributed by atoms with Crippen molar-refractivity contribution in [3.05, 3.63) is 57.1 Å². The third kappa shape index (κ3) is 4.20. The minimum Gasteiger partial charge on any atom is -0.403 e. The van der Waals surface area contributed by atoms with Crippen molar-refractivity contribution in [1.29, 1.82) is 0 Å². The summed E-state index contributed by atoms with van der Waals surface area (Å²) < 4.78 is 5.63. The molecule has 6 nitrogen and oxygen atoms in total. The molecule has 0 saturated carbocycles. The number of nitrogens with two attached hydrogens (primary N) is 1. The molecular weight excluding hydrogens is 360 g/mol. The maximum absolute atomic E-state index is 10.9. The topological polar surface area (TPSA) is 95.5 Å². The summed E-state index contributed by atoms with van der Waals surface area (Å²) >= 11 is 4.72. The average molecular weight is 369 g/mol. The van der Waals surface area contributed by atoms with Crippen molar-refractivity contribution in [3.63, 3.8) is 0 Å². The molecule has 0 heterocycles. The number of nitrogens with zero attached hydrogens (tertiary/aromatic N) is 1. The summed E-state index contributed by atoms with van der Waals surface area (Å²) in [5, 5.41) is 10.9. The molecule has 0 saturated heterocycles. The second kappa shape index (κ2) is 6.59. The fraction of sp³-hybridized carbons (Fsp3) is 0. The number of nitro benzene ring substituents is 1. The molecule has 0 bridgehead atoms. The number of carbonyl (C=O) groups excluding carboxylic acids is 1. The zero-order valence-corrected chi connectivity index (χ0v) is 12.9. The first kappa shape index (κ1) is 15.3. The highest BCUT2D eigenvalue weighted by atomic mass is 79.9. The lowest BCUT2D eigenvalue weighted by Crippen LogP contribution is -2.17. The molecule has 0 aliphatic rings. The Morgan fingerprint density at radius 3 is 2.38 bits per heavy atom. The van der Waals surface area contributed by atoms with Crippen LogP contribution in [0.5, 0.6) is 5.75 Å². The summed E-state index contributed by atoms with van der Waals surface area (Å²) in [4.78, 5) is 22.7. The Labute approximate surface area is 132 Å². The first-order chi connectivity index (χ1) is 9.95. The standard InChI is InChI=1S/C13H9BrN2O4S/c14-8-1-3-9(4-2-8)21-10-5-6-11(16(18)19)12(7-10)20-13(15)17/h1-7H,(H2,15,17). The van der Waals surface area contributed by atoms with Crippen molar-refractivity contribution < 1.29 is 14.5 Å². The van der Waals surface area contributed by atoms with Crippen molar-refractivity contribution in [1.82, 2.24) is 0 Å². The van der Waals surface area contributed by atoms with E-state index in [1.807, 2.05) is 24.3 Å². The Balaban J connectivity index is 2.30. The number of amides is 1. The third-order valence-electron chi connectivity index (χ3n) is 2.39. The van der Waals surface area contributed by atoms with Crippen molar-refractivity contribution in [3.8, 4) is 5.75 Å². The number of ether oxygens (including phenoxy) is 1. The van der Waals surface area contributed by atoms with Gasteiger partial charge in [0, 0.05) is 26.4 Å². The van der Waals surface area contributed by atoms with Gasteiger partial charge in [0.15, 0.2) is 0 Å². The largest absolute Gasteiger partial charge is 0.410 e. The Bertz CT molecular complexity index is 691. The number of hydrogen-bond acceptors (Lipinski definition) is 5. The van der Waals surface area contributed by atoms with E-state index < -0.39 is 11.0 Å². The van der Waals surface area contributed by atoms with Gasteiger partial charge in [0.25, 0.3) is 0 Å². The summed E-state index contributed by atoms with van der Waals surface area (Å²) in [5.74, 6) is -0.172. The van der Waals surface area contributed by atoms with Gasteiger partial charge in [-0.1, -0.05) is 27.7 Å². The van der Waals surface area contributed by atoms with Crippen LogP contribution in [0.4, 0.5) is 10.5 Å².